The second-order valence-electron chi connectivity index (χ2n) is 14.9. The summed E-state index contributed by atoms with van der Waals surface area (Å²) in [6, 6.07) is 40.9. The number of hydrogen-bond acceptors (Lipinski definition) is 13. The van der Waals surface area contributed by atoms with Crippen molar-refractivity contribution in [3.8, 4) is 0 Å². The summed E-state index contributed by atoms with van der Waals surface area (Å²) in [4.78, 5) is 21.0. The Labute approximate surface area is 503 Å². The van der Waals surface area contributed by atoms with Gasteiger partial charge in [-0.15, -0.1) is 11.6 Å². The molecule has 0 aliphatic rings. The van der Waals surface area contributed by atoms with E-state index in [0.29, 0.717) is 30.4 Å². The molecule has 5 N–H and O–H groups in total. The fourth-order valence-electron chi connectivity index (χ4n) is 5.68. The Kier molecular flexibility index (Phi) is 37.6. The highest BCUT2D eigenvalue weighted by molar-refractivity contribution is 9.11. The number of nitrogens with zero attached hydrogens (tertiary/aromatic N) is 6. The SMILES string of the molecule is CB(O)N(Cc1cccc(Br)n1)c1ccc(F)cc1.CB(O)Nc1ccc(F)cc1.CCN(CC)c1cccc(CNc2ccc(F)cc2)n1.ClC(Cl)Cl.ClCc1cccc(Br)n1.O=S(=O)(Cl)Cl.OCc1cccc(Br)n1. The standard InChI is InChI=1S/C16H20FN3.C13H13BBrFN2O.C7H9BFNO.C6H5BrClN.C6H6BrNO.CHCl3.Cl2O2S/c1-3-20(4-2)16-7-5-6-15(19-16)12-18-14-10-8-13(17)9-11-14;1-14(19)18(12-7-5-10(16)6-8-12)9-11-3-2-4-13(15)17-11;1-8(11)10-7-4-2-6(9)3-5-7;7-6-3-1-2-5(4-8)9-6;7-6-3-1-2-5(4-9)8-6;2-1(3)4;1-5(2,3)4/h5-11,18H,3-4,12H2,1-2H3;2-8,19H,9H2,1H3;2-5,10-11H,1H3;1-3H,4H2;1-3,9H,4H2;1H;. The van der Waals surface area contributed by atoms with Gasteiger partial charge in [-0.1, -0.05) is 59.1 Å². The Morgan fingerprint density at radius 1 is 0.610 bits per heavy atom. The van der Waals surface area contributed by atoms with Crippen LogP contribution in [0.3, 0.4) is 0 Å². The van der Waals surface area contributed by atoms with E-state index >= 15 is 0 Å². The van der Waals surface area contributed by atoms with Crippen LogP contribution >= 0.6 is 116 Å². The highest BCUT2D eigenvalue weighted by atomic mass is 79.9. The van der Waals surface area contributed by atoms with Crippen molar-refractivity contribution < 1.29 is 36.7 Å². The van der Waals surface area contributed by atoms with Crippen molar-refractivity contribution in [2.45, 2.75) is 57.4 Å². The van der Waals surface area contributed by atoms with Gasteiger partial charge in [0.15, 0.2) is 4.30 Å². The predicted molar refractivity (Wildman–Crippen MR) is 325 cm³/mol. The van der Waals surface area contributed by atoms with E-state index in [1.54, 1.807) is 60.9 Å². The van der Waals surface area contributed by atoms with Gasteiger partial charge in [-0.25, -0.2) is 33.1 Å². The Morgan fingerprint density at radius 2 is 1.00 bits per heavy atom. The molecule has 0 atom stereocenters. The van der Waals surface area contributed by atoms with Crippen LogP contribution in [0.15, 0.2) is 159 Å². The molecular formula is C49H54B2Br3Cl6F3N8O5S. The minimum atomic E-state index is -3.72. The van der Waals surface area contributed by atoms with E-state index in [1.807, 2.05) is 66.7 Å². The molecular weight excluding hydrogens is 1340 g/mol. The topological polar surface area (TPSA) is 177 Å². The molecule has 77 heavy (non-hydrogen) atoms. The molecule has 0 amide bonds. The Morgan fingerprint density at radius 3 is 1.39 bits per heavy atom. The maximum Gasteiger partial charge on any atom is 0.409 e. The van der Waals surface area contributed by atoms with Crippen molar-refractivity contribution in [2.75, 3.05) is 33.3 Å². The molecule has 0 saturated heterocycles. The van der Waals surface area contributed by atoms with E-state index in [-0.39, 0.29) is 24.1 Å². The van der Waals surface area contributed by atoms with Crippen molar-refractivity contribution in [1.29, 1.82) is 0 Å². The molecule has 28 heteroatoms. The van der Waals surface area contributed by atoms with Crippen LogP contribution < -0.4 is 20.3 Å². The predicted octanol–water partition coefficient (Wildman–Crippen LogP) is 14.7. The number of alkyl halides is 4. The lowest BCUT2D eigenvalue weighted by molar-refractivity contribution is 0.276. The highest BCUT2D eigenvalue weighted by Gasteiger charge is 2.18. The summed E-state index contributed by atoms with van der Waals surface area (Å²) >= 11 is 29.7. The number of nitrogens with one attached hydrogen (secondary N) is 2. The van der Waals surface area contributed by atoms with Crippen LogP contribution in [0.25, 0.3) is 0 Å². The van der Waals surface area contributed by atoms with Gasteiger partial charge in [-0.3, -0.25) is 0 Å². The third kappa shape index (κ3) is 36.3. The summed E-state index contributed by atoms with van der Waals surface area (Å²) in [6.45, 7) is 10.5. The van der Waals surface area contributed by atoms with Gasteiger partial charge in [0.2, 0.25) is 0 Å². The molecule has 0 fully saturated rings. The molecule has 0 aliphatic carbocycles. The van der Waals surface area contributed by atoms with E-state index in [2.05, 4.69) is 118 Å². The number of anilines is 4. The fraction of sp³-hybridized carbons (Fsp3) is 0.224. The largest absolute Gasteiger partial charge is 0.433 e. The van der Waals surface area contributed by atoms with Crippen molar-refractivity contribution in [2.24, 2.45) is 0 Å². The van der Waals surface area contributed by atoms with E-state index in [9.17, 15) is 18.2 Å². The van der Waals surface area contributed by atoms with Gasteiger partial charge in [-0.2, -0.15) is 8.42 Å². The lowest BCUT2D eigenvalue weighted by atomic mass is 9.84. The normalized spacial score (nSPS) is 10.0. The van der Waals surface area contributed by atoms with Crippen LogP contribution in [-0.4, -0.2) is 75.0 Å². The van der Waals surface area contributed by atoms with Gasteiger partial charge in [0.25, 0.3) is 0 Å². The number of halogens is 12. The van der Waals surface area contributed by atoms with Crippen LogP contribution in [0, 0.1) is 17.5 Å². The van der Waals surface area contributed by atoms with Gasteiger partial charge >= 0.3 is 22.4 Å². The van der Waals surface area contributed by atoms with Crippen molar-refractivity contribution in [1.82, 2.24) is 19.9 Å². The number of pyridine rings is 4. The second kappa shape index (κ2) is 40.5. The second-order valence-corrected chi connectivity index (χ2v) is 23.2. The third-order valence-corrected chi connectivity index (χ3v) is 10.6. The average Bonchev–Trinajstić information content (AvgIpc) is 3.37. The van der Waals surface area contributed by atoms with Crippen LogP contribution in [0.4, 0.5) is 36.1 Å². The molecule has 7 aromatic rings. The van der Waals surface area contributed by atoms with Crippen LogP contribution in [-0.2, 0) is 33.8 Å². The fourth-order valence-corrected chi connectivity index (χ4v) is 6.97. The van der Waals surface area contributed by atoms with E-state index < -0.39 is 26.7 Å². The molecule has 0 bridgehead atoms. The highest BCUT2D eigenvalue weighted by Crippen LogP contribution is 2.20. The first-order chi connectivity index (χ1) is 36.3. The molecule has 0 radical (unpaired) electrons. The molecule has 0 aliphatic heterocycles. The van der Waals surface area contributed by atoms with Gasteiger partial charge in [0.1, 0.15) is 37.1 Å². The Hall–Kier alpha value is -3.61. The van der Waals surface area contributed by atoms with Crippen LogP contribution in [0.5, 0.6) is 0 Å². The molecule has 0 saturated carbocycles. The Balaban J connectivity index is 0.000000478. The molecule has 3 aromatic carbocycles. The molecule has 4 aromatic heterocycles. The molecule has 416 valence electrons. The van der Waals surface area contributed by atoms with Gasteiger partial charge in [0, 0.05) is 51.5 Å². The quantitative estimate of drug-likeness (QED) is 0.0301. The maximum atomic E-state index is 12.9. The molecule has 4 heterocycles. The smallest absolute Gasteiger partial charge is 0.409 e. The van der Waals surface area contributed by atoms with Crippen molar-refractivity contribution in [3.05, 3.63) is 200 Å². The van der Waals surface area contributed by atoms with E-state index in [1.165, 1.54) is 36.4 Å². The molecule has 7 rings (SSSR count). The zero-order chi connectivity index (χ0) is 57.9. The minimum absolute atomic E-state index is 0.000556. The average molecular weight is 1400 g/mol. The van der Waals surface area contributed by atoms with Crippen molar-refractivity contribution >= 4 is 161 Å². The van der Waals surface area contributed by atoms with Crippen molar-refractivity contribution in [3.63, 3.8) is 0 Å². The number of aliphatic hydroxyl groups excluding tert-OH is 1. The molecule has 0 spiro atoms. The van der Waals surface area contributed by atoms with Crippen LogP contribution in [0.1, 0.15) is 36.6 Å². The van der Waals surface area contributed by atoms with E-state index in [4.69, 9.17) is 65.0 Å². The number of aliphatic hydroxyl groups is 1. The summed E-state index contributed by atoms with van der Waals surface area (Å²) in [5, 5.41) is 33.3. The summed E-state index contributed by atoms with van der Waals surface area (Å²) in [5.74, 6) is 0.668. The summed E-state index contributed by atoms with van der Waals surface area (Å²) in [6.07, 6.45) is 0. The first-order valence-electron chi connectivity index (χ1n) is 22.5. The Bertz CT molecular complexity index is 2770. The van der Waals surface area contributed by atoms with Gasteiger partial charge in [-0.05, 0) is 197 Å². The lowest BCUT2D eigenvalue weighted by Crippen LogP contribution is -2.36. The number of hydrogen-bond donors (Lipinski definition) is 5. The summed E-state index contributed by atoms with van der Waals surface area (Å²) in [7, 11) is 3.51. The maximum absolute atomic E-state index is 12.9. The van der Waals surface area contributed by atoms with Gasteiger partial charge in [0.05, 0.1) is 48.4 Å². The van der Waals surface area contributed by atoms with Crippen LogP contribution in [0.2, 0.25) is 13.6 Å². The molecule has 0 unspecified atom stereocenters. The number of benzene rings is 3. The minimum Gasteiger partial charge on any atom is -0.433 e. The zero-order valence-electron chi connectivity index (χ0n) is 41.6. The van der Waals surface area contributed by atoms with E-state index in [0.717, 1.165) is 61.2 Å². The van der Waals surface area contributed by atoms with Gasteiger partial charge < -0.3 is 35.4 Å². The monoisotopic (exact) mass is 1390 g/mol. The zero-order valence-corrected chi connectivity index (χ0v) is 51.7. The first kappa shape index (κ1) is 71.4. The summed E-state index contributed by atoms with van der Waals surface area (Å²) in [5.41, 5.74) is 5.72. The number of rotatable bonds is 14. The number of aromatic nitrogens is 4. The summed E-state index contributed by atoms with van der Waals surface area (Å²) < 4.78 is 58.0. The first-order valence-corrected chi connectivity index (χ1v) is 29.9. The molecule has 13 nitrogen and oxygen atoms in total. The lowest BCUT2D eigenvalue weighted by Gasteiger charge is -2.25. The third-order valence-electron chi connectivity index (χ3n) is 8.98.